The summed E-state index contributed by atoms with van der Waals surface area (Å²) in [6, 6.07) is 20.2. The number of hydrogen-bond acceptors (Lipinski definition) is 6. The fraction of sp³-hybridized carbons (Fsp3) is 0.241. The molecule has 192 valence electrons. The van der Waals surface area contributed by atoms with E-state index in [-0.39, 0.29) is 11.8 Å². The number of methoxy groups -OCH3 is 2. The molecule has 1 atom stereocenters. The van der Waals surface area contributed by atoms with Crippen LogP contribution in [0.1, 0.15) is 18.9 Å². The van der Waals surface area contributed by atoms with Crippen molar-refractivity contribution in [1.82, 2.24) is 0 Å². The number of hydrogen-bond donors (Lipinski definition) is 1. The molecule has 0 saturated heterocycles. The molecule has 37 heavy (non-hydrogen) atoms. The van der Waals surface area contributed by atoms with E-state index in [2.05, 4.69) is 5.32 Å². The number of para-hydroxylation sites is 1. The van der Waals surface area contributed by atoms with Gasteiger partial charge in [0.15, 0.2) is 17.6 Å². The van der Waals surface area contributed by atoms with Crippen LogP contribution >= 0.6 is 0 Å². The number of anilines is 2. The van der Waals surface area contributed by atoms with E-state index >= 15 is 0 Å². The summed E-state index contributed by atoms with van der Waals surface area (Å²) >= 11 is 0. The largest absolute Gasteiger partial charge is 0.494 e. The molecule has 8 nitrogen and oxygen atoms in total. The minimum Gasteiger partial charge on any atom is -0.494 e. The topological polar surface area (TPSA) is 86.3 Å². The Kier molecular flexibility index (Phi) is 8.30. The van der Waals surface area contributed by atoms with Gasteiger partial charge in [-0.15, -0.1) is 0 Å². The monoisotopic (exact) mass is 502 g/mol. The van der Waals surface area contributed by atoms with Crippen LogP contribution in [0.15, 0.2) is 72.8 Å². The lowest BCUT2D eigenvalue weighted by Gasteiger charge is -2.33. The zero-order valence-electron chi connectivity index (χ0n) is 21.1. The summed E-state index contributed by atoms with van der Waals surface area (Å²) in [5.74, 6) is 2.12. The van der Waals surface area contributed by atoms with Gasteiger partial charge in [0, 0.05) is 18.3 Å². The van der Waals surface area contributed by atoms with Crippen molar-refractivity contribution >= 4 is 29.3 Å². The van der Waals surface area contributed by atoms with Gasteiger partial charge in [-0.05, 0) is 67.4 Å². The molecule has 0 spiro atoms. The lowest BCUT2D eigenvalue weighted by atomic mass is 10.1. The van der Waals surface area contributed by atoms with Crippen LogP contribution in [0.25, 0.3) is 6.08 Å². The number of fused-ring (bicyclic) bond motifs is 1. The molecular weight excluding hydrogens is 472 g/mol. The van der Waals surface area contributed by atoms with Gasteiger partial charge in [0.05, 0.1) is 26.5 Å². The highest BCUT2D eigenvalue weighted by molar-refractivity contribution is 6.04. The molecule has 3 aromatic carbocycles. The first kappa shape index (κ1) is 25.6. The number of ether oxygens (including phenoxy) is 4. The van der Waals surface area contributed by atoms with E-state index in [1.807, 2.05) is 36.4 Å². The molecule has 0 aromatic heterocycles. The molecule has 8 heteroatoms. The van der Waals surface area contributed by atoms with Crippen LogP contribution in [0.3, 0.4) is 0 Å². The molecule has 1 heterocycles. The summed E-state index contributed by atoms with van der Waals surface area (Å²) < 4.78 is 22.1. The van der Waals surface area contributed by atoms with Crippen molar-refractivity contribution in [3.05, 3.63) is 78.4 Å². The lowest BCUT2D eigenvalue weighted by Crippen LogP contribution is -2.45. The third kappa shape index (κ3) is 6.41. The second kappa shape index (κ2) is 12.0. The van der Waals surface area contributed by atoms with Crippen LogP contribution in [0, 0.1) is 0 Å². The predicted molar refractivity (Wildman–Crippen MR) is 143 cm³/mol. The standard InChI is InChI=1S/C29H30N2O6/c1-20-29(33)31(16-7-17-36-23-8-5-4-6-9-23)24-19-22(12-14-25(24)37-20)30-28(32)15-11-21-10-13-26(34-2)27(18-21)35-3/h4-6,8-15,18-20H,7,16-17H2,1-3H3,(H,30,32)/b15-11+. The van der Waals surface area contributed by atoms with Crippen molar-refractivity contribution in [2.45, 2.75) is 19.4 Å². The quantitative estimate of drug-likeness (QED) is 0.312. The molecule has 0 fully saturated rings. The summed E-state index contributed by atoms with van der Waals surface area (Å²) in [4.78, 5) is 27.2. The second-order valence-corrected chi connectivity index (χ2v) is 8.38. The van der Waals surface area contributed by atoms with Crippen molar-refractivity contribution in [1.29, 1.82) is 0 Å². The van der Waals surface area contributed by atoms with Crippen molar-refractivity contribution in [2.24, 2.45) is 0 Å². The zero-order valence-corrected chi connectivity index (χ0v) is 21.1. The fourth-order valence-corrected chi connectivity index (χ4v) is 3.96. The number of rotatable bonds is 10. The molecular formula is C29H30N2O6. The summed E-state index contributed by atoms with van der Waals surface area (Å²) in [7, 11) is 3.13. The van der Waals surface area contributed by atoms with Crippen molar-refractivity contribution < 1.29 is 28.5 Å². The predicted octanol–water partition coefficient (Wildman–Crippen LogP) is 4.94. The van der Waals surface area contributed by atoms with Gasteiger partial charge >= 0.3 is 0 Å². The molecule has 2 amide bonds. The van der Waals surface area contributed by atoms with Gasteiger partial charge < -0.3 is 29.2 Å². The number of carbonyl (C=O) groups is 2. The summed E-state index contributed by atoms with van der Waals surface area (Å²) in [5.41, 5.74) is 1.96. The van der Waals surface area contributed by atoms with Crippen molar-refractivity contribution in [3.63, 3.8) is 0 Å². The highest BCUT2D eigenvalue weighted by atomic mass is 16.5. The van der Waals surface area contributed by atoms with Gasteiger partial charge in [0.2, 0.25) is 5.91 Å². The Hall–Kier alpha value is -4.46. The Bertz CT molecular complexity index is 1270. The number of carbonyl (C=O) groups excluding carboxylic acids is 2. The van der Waals surface area contributed by atoms with Gasteiger partial charge in [-0.2, -0.15) is 0 Å². The van der Waals surface area contributed by atoms with E-state index in [4.69, 9.17) is 18.9 Å². The van der Waals surface area contributed by atoms with Gasteiger partial charge in [-0.3, -0.25) is 9.59 Å². The fourth-order valence-electron chi connectivity index (χ4n) is 3.96. The van der Waals surface area contributed by atoms with Crippen molar-refractivity contribution in [3.8, 4) is 23.0 Å². The van der Waals surface area contributed by atoms with Crippen LogP contribution in [-0.2, 0) is 9.59 Å². The Morgan fingerprint density at radius 1 is 1.03 bits per heavy atom. The molecule has 4 rings (SSSR count). The first-order valence-corrected chi connectivity index (χ1v) is 12.0. The third-order valence-electron chi connectivity index (χ3n) is 5.81. The molecule has 1 aliphatic rings. The molecule has 1 unspecified atom stereocenters. The third-order valence-corrected chi connectivity index (χ3v) is 5.81. The number of benzene rings is 3. The van der Waals surface area contributed by atoms with E-state index in [0.29, 0.717) is 48.2 Å². The molecule has 0 aliphatic carbocycles. The number of nitrogens with zero attached hydrogens (tertiary/aromatic N) is 1. The van der Waals surface area contributed by atoms with Crippen molar-refractivity contribution in [2.75, 3.05) is 37.6 Å². The van der Waals surface area contributed by atoms with E-state index in [1.54, 1.807) is 62.5 Å². The Balaban J connectivity index is 1.42. The highest BCUT2D eigenvalue weighted by Gasteiger charge is 2.31. The molecule has 0 bridgehead atoms. The van der Waals surface area contributed by atoms with Gasteiger partial charge in [-0.1, -0.05) is 24.3 Å². The summed E-state index contributed by atoms with van der Waals surface area (Å²) in [6.07, 6.45) is 3.16. The Morgan fingerprint density at radius 3 is 2.57 bits per heavy atom. The first-order valence-electron chi connectivity index (χ1n) is 12.0. The average Bonchev–Trinajstić information content (AvgIpc) is 2.92. The maximum atomic E-state index is 12.9. The van der Waals surface area contributed by atoms with E-state index in [1.165, 1.54) is 6.08 Å². The highest BCUT2D eigenvalue weighted by Crippen LogP contribution is 2.36. The average molecular weight is 503 g/mol. The summed E-state index contributed by atoms with van der Waals surface area (Å²) in [5, 5.41) is 2.85. The normalized spacial score (nSPS) is 14.6. The summed E-state index contributed by atoms with van der Waals surface area (Å²) in [6.45, 7) is 2.66. The van der Waals surface area contributed by atoms with Crippen LogP contribution in [0.5, 0.6) is 23.0 Å². The Labute approximate surface area is 216 Å². The Morgan fingerprint density at radius 2 is 1.81 bits per heavy atom. The van der Waals surface area contributed by atoms with Crippen LogP contribution in [0.4, 0.5) is 11.4 Å². The van der Waals surface area contributed by atoms with Gasteiger partial charge in [0.25, 0.3) is 5.91 Å². The second-order valence-electron chi connectivity index (χ2n) is 8.38. The van der Waals surface area contributed by atoms with Crippen LogP contribution < -0.4 is 29.2 Å². The molecule has 0 radical (unpaired) electrons. The maximum absolute atomic E-state index is 12.9. The number of nitrogens with one attached hydrogen (secondary N) is 1. The number of amides is 2. The molecule has 1 aliphatic heterocycles. The molecule has 1 N–H and O–H groups in total. The van der Waals surface area contributed by atoms with Crippen LogP contribution in [-0.4, -0.2) is 45.3 Å². The smallest absolute Gasteiger partial charge is 0.267 e. The van der Waals surface area contributed by atoms with Gasteiger partial charge in [-0.25, -0.2) is 0 Å². The molecule has 0 saturated carbocycles. The van der Waals surface area contributed by atoms with E-state index < -0.39 is 6.10 Å². The zero-order chi connectivity index (χ0) is 26.2. The maximum Gasteiger partial charge on any atom is 0.267 e. The van der Waals surface area contributed by atoms with Crippen LogP contribution in [0.2, 0.25) is 0 Å². The van der Waals surface area contributed by atoms with E-state index in [9.17, 15) is 9.59 Å². The SMILES string of the molecule is COc1ccc(/C=C/C(=O)Nc2ccc3c(c2)N(CCCOc2ccccc2)C(=O)C(C)O3)cc1OC. The minimum atomic E-state index is -0.590. The van der Waals surface area contributed by atoms with Gasteiger partial charge in [0.1, 0.15) is 11.5 Å². The first-order chi connectivity index (χ1) is 18.0. The lowest BCUT2D eigenvalue weighted by molar-refractivity contribution is -0.125. The molecule has 3 aromatic rings. The van der Waals surface area contributed by atoms with E-state index in [0.717, 1.165) is 11.3 Å². The minimum absolute atomic E-state index is 0.135.